The molecule has 24 heavy (non-hydrogen) atoms. The molecule has 5 nitrogen and oxygen atoms in total. The summed E-state index contributed by atoms with van der Waals surface area (Å²) in [5.74, 6) is 0.414. The number of aromatic carboxylic acids is 1. The van der Waals surface area contributed by atoms with E-state index in [1.54, 1.807) is 19.2 Å². The zero-order chi connectivity index (χ0) is 17.7. The molecule has 0 fully saturated rings. The highest BCUT2D eigenvalue weighted by Crippen LogP contribution is 2.29. The number of carbonyl (C=O) groups is 1. The average molecular weight is 394 g/mol. The minimum Gasteiger partial charge on any atom is -0.495 e. The highest BCUT2D eigenvalue weighted by atomic mass is 79.9. The molecule has 2 aromatic carbocycles. The van der Waals surface area contributed by atoms with E-state index in [0.29, 0.717) is 18.0 Å². The molecule has 128 valence electrons. The summed E-state index contributed by atoms with van der Waals surface area (Å²) in [4.78, 5) is 11.1. The quantitative estimate of drug-likeness (QED) is 0.721. The van der Waals surface area contributed by atoms with Crippen LogP contribution >= 0.6 is 15.9 Å². The lowest BCUT2D eigenvalue weighted by molar-refractivity contribution is 0.0697. The molecule has 0 aliphatic rings. The Morgan fingerprint density at radius 1 is 1.21 bits per heavy atom. The van der Waals surface area contributed by atoms with Gasteiger partial charge in [-0.25, -0.2) is 4.79 Å². The maximum absolute atomic E-state index is 11.1. The maximum atomic E-state index is 11.1. The summed E-state index contributed by atoms with van der Waals surface area (Å²) in [7, 11) is 1.55. The average Bonchev–Trinajstić information content (AvgIpc) is 2.54. The van der Waals surface area contributed by atoms with Gasteiger partial charge in [-0.1, -0.05) is 6.07 Å². The number of ether oxygens (including phenoxy) is 2. The van der Waals surface area contributed by atoms with Crippen molar-refractivity contribution in [1.29, 1.82) is 0 Å². The lowest BCUT2D eigenvalue weighted by Crippen LogP contribution is -2.07. The van der Waals surface area contributed by atoms with Gasteiger partial charge in [-0.3, -0.25) is 0 Å². The number of nitrogens with one attached hydrogen (secondary N) is 1. The van der Waals surface area contributed by atoms with E-state index in [1.807, 2.05) is 32.0 Å². The molecule has 0 aliphatic carbocycles. The minimum absolute atomic E-state index is 0.105. The Hall–Kier alpha value is -2.21. The molecule has 0 amide bonds. The summed E-state index contributed by atoms with van der Waals surface area (Å²) in [6.07, 6.45) is 0.105. The highest BCUT2D eigenvalue weighted by Gasteiger charge is 2.10. The van der Waals surface area contributed by atoms with E-state index >= 15 is 0 Å². The van der Waals surface area contributed by atoms with Crippen molar-refractivity contribution in [3.8, 4) is 11.5 Å². The Morgan fingerprint density at radius 3 is 2.50 bits per heavy atom. The van der Waals surface area contributed by atoms with Gasteiger partial charge in [0, 0.05) is 6.54 Å². The summed E-state index contributed by atoms with van der Waals surface area (Å²) in [6.45, 7) is 4.48. The van der Waals surface area contributed by atoms with Crippen LogP contribution in [0.1, 0.15) is 29.8 Å². The van der Waals surface area contributed by atoms with Crippen molar-refractivity contribution in [2.24, 2.45) is 0 Å². The van der Waals surface area contributed by atoms with Gasteiger partial charge >= 0.3 is 5.97 Å². The molecule has 0 aliphatic heterocycles. The molecule has 0 spiro atoms. The fourth-order valence-corrected chi connectivity index (χ4v) is 2.70. The van der Waals surface area contributed by atoms with Gasteiger partial charge in [-0.15, -0.1) is 0 Å². The number of benzene rings is 2. The normalized spacial score (nSPS) is 10.5. The summed E-state index contributed by atoms with van der Waals surface area (Å²) < 4.78 is 11.8. The predicted octanol–water partition coefficient (Wildman–Crippen LogP) is 4.56. The third kappa shape index (κ3) is 4.64. The fourth-order valence-electron chi connectivity index (χ4n) is 2.18. The van der Waals surface area contributed by atoms with E-state index in [1.165, 1.54) is 6.07 Å². The standard InChI is InChI=1S/C18H20BrNO4/c1-11(2)24-16-6-4-12(8-14(16)19)10-20-15-9-13(18(21)22)5-7-17(15)23-3/h4-9,11,20H,10H2,1-3H3,(H,21,22). The van der Waals surface area contributed by atoms with Crippen molar-refractivity contribution in [1.82, 2.24) is 0 Å². The van der Waals surface area contributed by atoms with E-state index in [2.05, 4.69) is 21.2 Å². The maximum Gasteiger partial charge on any atom is 0.335 e. The first-order valence-corrected chi connectivity index (χ1v) is 8.30. The third-order valence-corrected chi connectivity index (χ3v) is 3.91. The Balaban J connectivity index is 2.14. The fraction of sp³-hybridized carbons (Fsp3) is 0.278. The molecule has 0 heterocycles. The van der Waals surface area contributed by atoms with Gasteiger partial charge < -0.3 is 19.9 Å². The van der Waals surface area contributed by atoms with E-state index in [0.717, 1.165) is 15.8 Å². The van der Waals surface area contributed by atoms with Crippen molar-refractivity contribution in [3.63, 3.8) is 0 Å². The molecule has 6 heteroatoms. The number of anilines is 1. The van der Waals surface area contributed by atoms with Crippen LogP contribution in [-0.4, -0.2) is 24.3 Å². The van der Waals surface area contributed by atoms with Crippen molar-refractivity contribution < 1.29 is 19.4 Å². The smallest absolute Gasteiger partial charge is 0.335 e. The number of hydrogen-bond acceptors (Lipinski definition) is 4. The second-order valence-electron chi connectivity index (χ2n) is 5.51. The van der Waals surface area contributed by atoms with Gasteiger partial charge in [0.25, 0.3) is 0 Å². The number of halogens is 1. The summed E-state index contributed by atoms with van der Waals surface area (Å²) in [6, 6.07) is 10.6. The topological polar surface area (TPSA) is 67.8 Å². The zero-order valence-electron chi connectivity index (χ0n) is 13.8. The number of carboxylic acids is 1. The molecule has 2 aromatic rings. The second-order valence-corrected chi connectivity index (χ2v) is 6.36. The molecule has 0 bridgehead atoms. The van der Waals surface area contributed by atoms with Gasteiger partial charge in [0.15, 0.2) is 0 Å². The van der Waals surface area contributed by atoms with Gasteiger partial charge in [-0.2, -0.15) is 0 Å². The Bertz CT molecular complexity index is 731. The number of methoxy groups -OCH3 is 1. The van der Waals surface area contributed by atoms with Gasteiger partial charge in [0.2, 0.25) is 0 Å². The van der Waals surface area contributed by atoms with Crippen LogP contribution in [0.25, 0.3) is 0 Å². The molecule has 0 saturated carbocycles. The molecule has 0 radical (unpaired) electrons. The monoisotopic (exact) mass is 393 g/mol. The third-order valence-electron chi connectivity index (χ3n) is 3.29. The molecular formula is C18H20BrNO4. The lowest BCUT2D eigenvalue weighted by atomic mass is 10.1. The van der Waals surface area contributed by atoms with Crippen molar-refractivity contribution in [2.45, 2.75) is 26.5 Å². The van der Waals surface area contributed by atoms with Crippen LogP contribution in [0, 0.1) is 0 Å². The molecule has 2 rings (SSSR count). The Morgan fingerprint density at radius 2 is 1.92 bits per heavy atom. The van der Waals surface area contributed by atoms with Crippen LogP contribution in [0.4, 0.5) is 5.69 Å². The molecular weight excluding hydrogens is 374 g/mol. The molecule has 2 N–H and O–H groups in total. The zero-order valence-corrected chi connectivity index (χ0v) is 15.4. The molecule has 0 unspecified atom stereocenters. The highest BCUT2D eigenvalue weighted by molar-refractivity contribution is 9.10. The lowest BCUT2D eigenvalue weighted by Gasteiger charge is -2.14. The number of hydrogen-bond donors (Lipinski definition) is 2. The molecule has 0 saturated heterocycles. The van der Waals surface area contributed by atoms with Crippen molar-refractivity contribution in [3.05, 3.63) is 52.0 Å². The van der Waals surface area contributed by atoms with Crippen LogP contribution in [-0.2, 0) is 6.54 Å². The van der Waals surface area contributed by atoms with Gasteiger partial charge in [0.05, 0.1) is 28.9 Å². The minimum atomic E-state index is -0.973. The van der Waals surface area contributed by atoms with E-state index in [9.17, 15) is 4.79 Å². The summed E-state index contributed by atoms with van der Waals surface area (Å²) in [5, 5.41) is 12.3. The first-order valence-electron chi connectivity index (χ1n) is 7.51. The summed E-state index contributed by atoms with van der Waals surface area (Å²) in [5.41, 5.74) is 1.87. The first kappa shape index (κ1) is 18.1. The number of carboxylic acid groups (broad SMARTS) is 1. The van der Waals surface area contributed by atoms with Crippen LogP contribution in [0.15, 0.2) is 40.9 Å². The second kappa shape index (κ2) is 8.06. The van der Waals surface area contributed by atoms with Crippen LogP contribution in [0.2, 0.25) is 0 Å². The van der Waals surface area contributed by atoms with E-state index < -0.39 is 5.97 Å². The van der Waals surface area contributed by atoms with Crippen LogP contribution in [0.5, 0.6) is 11.5 Å². The first-order chi connectivity index (χ1) is 11.4. The molecule has 0 aromatic heterocycles. The van der Waals surface area contributed by atoms with Gasteiger partial charge in [0.1, 0.15) is 11.5 Å². The van der Waals surface area contributed by atoms with E-state index in [-0.39, 0.29) is 11.7 Å². The summed E-state index contributed by atoms with van der Waals surface area (Å²) >= 11 is 3.51. The SMILES string of the molecule is COc1ccc(C(=O)O)cc1NCc1ccc(OC(C)C)c(Br)c1. The van der Waals surface area contributed by atoms with Crippen LogP contribution in [0.3, 0.4) is 0 Å². The van der Waals surface area contributed by atoms with Crippen molar-refractivity contribution >= 4 is 27.6 Å². The largest absolute Gasteiger partial charge is 0.495 e. The predicted molar refractivity (Wildman–Crippen MR) is 97.2 cm³/mol. The van der Waals surface area contributed by atoms with Gasteiger partial charge in [-0.05, 0) is 65.7 Å². The number of rotatable bonds is 7. The van der Waals surface area contributed by atoms with E-state index in [4.69, 9.17) is 14.6 Å². The van der Waals surface area contributed by atoms with Crippen molar-refractivity contribution in [2.75, 3.05) is 12.4 Å². The Kier molecular flexibility index (Phi) is 6.09. The van der Waals surface area contributed by atoms with Crippen LogP contribution < -0.4 is 14.8 Å². The Labute approximate surface area is 149 Å². The molecule has 0 atom stereocenters.